The summed E-state index contributed by atoms with van der Waals surface area (Å²) in [5.74, 6) is 0.625. The van der Waals surface area contributed by atoms with Crippen LogP contribution in [-0.4, -0.2) is 29.2 Å². The Bertz CT molecular complexity index is 394. The molecule has 6 heteroatoms. The van der Waals surface area contributed by atoms with Crippen LogP contribution in [0.3, 0.4) is 0 Å². The van der Waals surface area contributed by atoms with E-state index >= 15 is 0 Å². The van der Waals surface area contributed by atoms with E-state index < -0.39 is 4.92 Å². The minimum atomic E-state index is -0.437. The van der Waals surface area contributed by atoms with Crippen LogP contribution in [0.15, 0.2) is 12.1 Å². The van der Waals surface area contributed by atoms with Crippen molar-refractivity contribution in [2.75, 3.05) is 18.5 Å². The summed E-state index contributed by atoms with van der Waals surface area (Å²) in [5.41, 5.74) is 0.443. The lowest BCUT2D eigenvalue weighted by Crippen LogP contribution is -2.14. The molecule has 0 saturated heterocycles. The van der Waals surface area contributed by atoms with Crippen LogP contribution >= 0.6 is 0 Å². The standard InChI is InChI=1S/C11H17N3O3/c1-8(2)17-7-6-12-11-5-4-10(14(15)16)9(3)13-11/h4-5,8H,6-7H2,1-3H3,(H,12,13). The van der Waals surface area contributed by atoms with Crippen molar-refractivity contribution in [3.63, 3.8) is 0 Å². The van der Waals surface area contributed by atoms with E-state index in [1.807, 2.05) is 13.8 Å². The number of hydrogen-bond acceptors (Lipinski definition) is 5. The molecule has 0 spiro atoms. The van der Waals surface area contributed by atoms with Gasteiger partial charge in [0, 0.05) is 12.6 Å². The van der Waals surface area contributed by atoms with Gasteiger partial charge in [-0.3, -0.25) is 10.1 Å². The van der Waals surface area contributed by atoms with E-state index in [0.717, 1.165) is 0 Å². The molecule has 17 heavy (non-hydrogen) atoms. The first-order valence-corrected chi connectivity index (χ1v) is 5.48. The van der Waals surface area contributed by atoms with Crippen LogP contribution in [0.25, 0.3) is 0 Å². The molecule has 0 aliphatic carbocycles. The number of nitrogens with one attached hydrogen (secondary N) is 1. The second-order valence-electron chi connectivity index (χ2n) is 3.90. The normalized spacial score (nSPS) is 10.6. The molecule has 1 N–H and O–H groups in total. The quantitative estimate of drug-likeness (QED) is 0.467. The summed E-state index contributed by atoms with van der Waals surface area (Å²) in [6.07, 6.45) is 0.198. The number of pyridine rings is 1. The van der Waals surface area contributed by atoms with Gasteiger partial charge < -0.3 is 10.1 Å². The van der Waals surface area contributed by atoms with Crippen molar-refractivity contribution >= 4 is 11.5 Å². The van der Waals surface area contributed by atoms with Gasteiger partial charge in [-0.15, -0.1) is 0 Å². The number of aromatic nitrogens is 1. The second kappa shape index (κ2) is 6.15. The Morgan fingerprint density at radius 1 is 1.53 bits per heavy atom. The number of anilines is 1. The maximum atomic E-state index is 10.6. The number of aryl methyl sites for hydroxylation is 1. The summed E-state index contributed by atoms with van der Waals surface area (Å²) in [7, 11) is 0. The third-order valence-corrected chi connectivity index (χ3v) is 2.11. The molecule has 94 valence electrons. The lowest BCUT2D eigenvalue weighted by Gasteiger charge is -2.09. The summed E-state index contributed by atoms with van der Waals surface area (Å²) in [6.45, 7) is 6.76. The third kappa shape index (κ3) is 4.36. The molecular formula is C11H17N3O3. The van der Waals surface area contributed by atoms with Gasteiger partial charge in [-0.1, -0.05) is 0 Å². The summed E-state index contributed by atoms with van der Waals surface area (Å²) in [5, 5.41) is 13.6. The molecule has 0 bridgehead atoms. The topological polar surface area (TPSA) is 77.3 Å². The summed E-state index contributed by atoms with van der Waals surface area (Å²) < 4.78 is 5.36. The number of rotatable bonds is 6. The Morgan fingerprint density at radius 3 is 2.76 bits per heavy atom. The predicted molar refractivity (Wildman–Crippen MR) is 65.2 cm³/mol. The zero-order valence-electron chi connectivity index (χ0n) is 10.3. The highest BCUT2D eigenvalue weighted by Gasteiger charge is 2.11. The largest absolute Gasteiger partial charge is 0.377 e. The van der Waals surface area contributed by atoms with E-state index in [0.29, 0.717) is 24.7 Å². The number of nitrogens with zero attached hydrogens (tertiary/aromatic N) is 2. The molecule has 1 aromatic rings. The molecule has 0 radical (unpaired) electrons. The molecule has 0 atom stereocenters. The fraction of sp³-hybridized carbons (Fsp3) is 0.545. The molecule has 1 rings (SSSR count). The Kier molecular flexibility index (Phi) is 4.84. The average Bonchev–Trinajstić information content (AvgIpc) is 2.23. The van der Waals surface area contributed by atoms with Gasteiger partial charge in [0.2, 0.25) is 0 Å². The average molecular weight is 239 g/mol. The van der Waals surface area contributed by atoms with E-state index in [1.165, 1.54) is 6.07 Å². The van der Waals surface area contributed by atoms with Crippen LogP contribution in [0, 0.1) is 17.0 Å². The molecule has 0 unspecified atom stereocenters. The Hall–Kier alpha value is -1.69. The van der Waals surface area contributed by atoms with Gasteiger partial charge >= 0.3 is 0 Å². The highest BCUT2D eigenvalue weighted by molar-refractivity contribution is 5.44. The van der Waals surface area contributed by atoms with Crippen molar-refractivity contribution in [3.05, 3.63) is 27.9 Å². The van der Waals surface area contributed by atoms with Crippen LogP contribution in [0.4, 0.5) is 11.5 Å². The molecule has 0 aromatic carbocycles. The second-order valence-corrected chi connectivity index (χ2v) is 3.90. The first-order chi connectivity index (χ1) is 8.00. The summed E-state index contributed by atoms with van der Waals surface area (Å²) in [6, 6.07) is 3.05. The van der Waals surface area contributed by atoms with Crippen molar-refractivity contribution in [2.45, 2.75) is 26.9 Å². The SMILES string of the molecule is Cc1nc(NCCOC(C)C)ccc1[N+](=O)[O-]. The molecule has 1 heterocycles. The van der Waals surface area contributed by atoms with Gasteiger partial charge in [0.15, 0.2) is 0 Å². The van der Waals surface area contributed by atoms with E-state index in [2.05, 4.69) is 10.3 Å². The van der Waals surface area contributed by atoms with E-state index in [-0.39, 0.29) is 11.8 Å². The third-order valence-electron chi connectivity index (χ3n) is 2.11. The lowest BCUT2D eigenvalue weighted by molar-refractivity contribution is -0.385. The summed E-state index contributed by atoms with van der Waals surface area (Å²) >= 11 is 0. The molecule has 6 nitrogen and oxygen atoms in total. The van der Waals surface area contributed by atoms with Gasteiger partial charge in [0.25, 0.3) is 5.69 Å². The van der Waals surface area contributed by atoms with Crippen LogP contribution in [0.2, 0.25) is 0 Å². The minimum Gasteiger partial charge on any atom is -0.377 e. The Labute approximate surface area is 100 Å². The Morgan fingerprint density at radius 2 is 2.24 bits per heavy atom. The van der Waals surface area contributed by atoms with E-state index in [4.69, 9.17) is 4.74 Å². The van der Waals surface area contributed by atoms with Crippen LogP contribution in [0.5, 0.6) is 0 Å². The van der Waals surface area contributed by atoms with Gasteiger partial charge in [0.05, 0.1) is 17.6 Å². The monoisotopic (exact) mass is 239 g/mol. The zero-order valence-corrected chi connectivity index (χ0v) is 10.3. The fourth-order valence-electron chi connectivity index (χ4n) is 1.32. The van der Waals surface area contributed by atoms with Crippen molar-refractivity contribution < 1.29 is 9.66 Å². The van der Waals surface area contributed by atoms with Crippen molar-refractivity contribution in [1.82, 2.24) is 4.98 Å². The van der Waals surface area contributed by atoms with E-state index in [1.54, 1.807) is 13.0 Å². The van der Waals surface area contributed by atoms with Crippen LogP contribution in [0.1, 0.15) is 19.5 Å². The molecule has 0 aliphatic rings. The molecule has 0 aliphatic heterocycles. The zero-order chi connectivity index (χ0) is 12.8. The number of nitro groups is 1. The van der Waals surface area contributed by atoms with Crippen LogP contribution in [-0.2, 0) is 4.74 Å². The molecule has 0 fully saturated rings. The number of hydrogen-bond donors (Lipinski definition) is 1. The van der Waals surface area contributed by atoms with E-state index in [9.17, 15) is 10.1 Å². The Balaban J connectivity index is 2.50. The lowest BCUT2D eigenvalue weighted by atomic mass is 10.3. The maximum absolute atomic E-state index is 10.6. The fourth-order valence-corrected chi connectivity index (χ4v) is 1.32. The minimum absolute atomic E-state index is 0.0361. The van der Waals surface area contributed by atoms with Gasteiger partial charge in [-0.05, 0) is 26.8 Å². The first kappa shape index (κ1) is 13.4. The van der Waals surface area contributed by atoms with Gasteiger partial charge in [-0.2, -0.15) is 0 Å². The van der Waals surface area contributed by atoms with Crippen molar-refractivity contribution in [3.8, 4) is 0 Å². The van der Waals surface area contributed by atoms with Crippen LogP contribution < -0.4 is 5.32 Å². The predicted octanol–water partition coefficient (Wildman–Crippen LogP) is 2.14. The molecular weight excluding hydrogens is 222 g/mol. The van der Waals surface area contributed by atoms with Crippen molar-refractivity contribution in [2.24, 2.45) is 0 Å². The first-order valence-electron chi connectivity index (χ1n) is 5.48. The molecule has 1 aromatic heterocycles. The number of ether oxygens (including phenoxy) is 1. The maximum Gasteiger partial charge on any atom is 0.290 e. The highest BCUT2D eigenvalue weighted by atomic mass is 16.6. The highest BCUT2D eigenvalue weighted by Crippen LogP contribution is 2.17. The summed E-state index contributed by atoms with van der Waals surface area (Å²) in [4.78, 5) is 14.3. The van der Waals surface area contributed by atoms with Crippen molar-refractivity contribution in [1.29, 1.82) is 0 Å². The van der Waals surface area contributed by atoms with Gasteiger partial charge in [0.1, 0.15) is 11.5 Å². The molecule has 0 saturated carbocycles. The smallest absolute Gasteiger partial charge is 0.290 e. The van der Waals surface area contributed by atoms with Gasteiger partial charge in [-0.25, -0.2) is 4.98 Å². The molecule has 0 amide bonds.